The molecule has 0 aliphatic carbocycles. The lowest BCUT2D eigenvalue weighted by atomic mass is 10.1. The van der Waals surface area contributed by atoms with Gasteiger partial charge < -0.3 is 10.5 Å². The molecule has 2 rings (SSSR count). The summed E-state index contributed by atoms with van der Waals surface area (Å²) in [5, 5.41) is 0.273. The van der Waals surface area contributed by atoms with Gasteiger partial charge in [-0.15, -0.1) is 23.1 Å². The maximum absolute atomic E-state index is 6.34. The summed E-state index contributed by atoms with van der Waals surface area (Å²) in [7, 11) is 1.71. The number of ether oxygens (including phenoxy) is 1. The fraction of sp³-hybridized carbons (Fsp3) is 0.375. The van der Waals surface area contributed by atoms with E-state index >= 15 is 0 Å². The van der Waals surface area contributed by atoms with Gasteiger partial charge in [-0.2, -0.15) is 0 Å². The van der Waals surface area contributed by atoms with Crippen LogP contribution in [0.15, 0.2) is 41.3 Å². The minimum atomic E-state index is 0.142. The molecule has 20 heavy (non-hydrogen) atoms. The predicted molar refractivity (Wildman–Crippen MR) is 88.9 cm³/mol. The van der Waals surface area contributed by atoms with Gasteiger partial charge in [-0.05, 0) is 37.6 Å². The molecule has 0 aliphatic heterocycles. The zero-order valence-corrected chi connectivity index (χ0v) is 13.8. The molecule has 0 amide bonds. The van der Waals surface area contributed by atoms with E-state index in [1.54, 1.807) is 18.9 Å². The molecule has 0 bridgehead atoms. The molecule has 0 fully saturated rings. The Labute approximate surface area is 129 Å². The van der Waals surface area contributed by atoms with Crippen LogP contribution >= 0.6 is 23.1 Å². The molecular weight excluding hydrogens is 286 g/mol. The Hall–Kier alpha value is -0.970. The van der Waals surface area contributed by atoms with Crippen molar-refractivity contribution in [2.75, 3.05) is 7.11 Å². The van der Waals surface area contributed by atoms with Gasteiger partial charge >= 0.3 is 0 Å². The van der Waals surface area contributed by atoms with Crippen molar-refractivity contribution in [2.24, 2.45) is 5.73 Å². The fourth-order valence-electron chi connectivity index (χ4n) is 2.03. The van der Waals surface area contributed by atoms with Crippen LogP contribution in [0.3, 0.4) is 0 Å². The molecule has 0 spiro atoms. The van der Waals surface area contributed by atoms with Crippen molar-refractivity contribution in [2.45, 2.75) is 36.5 Å². The lowest BCUT2D eigenvalue weighted by molar-refractivity contribution is 0.404. The number of aryl methyl sites for hydroxylation is 1. The molecular formula is C16H21NOS2. The molecule has 2 nitrogen and oxygen atoms in total. The summed E-state index contributed by atoms with van der Waals surface area (Å²) in [5.74, 6) is 0.916. The van der Waals surface area contributed by atoms with E-state index in [0.717, 1.165) is 17.1 Å². The Bertz CT molecular complexity index is 553. The molecule has 0 saturated carbocycles. The highest BCUT2D eigenvalue weighted by atomic mass is 32.2. The molecule has 0 saturated heterocycles. The number of thioether (sulfide) groups is 1. The summed E-state index contributed by atoms with van der Waals surface area (Å²) in [6.45, 7) is 4.28. The second kappa shape index (κ2) is 7.16. The number of nitrogens with two attached hydrogens (primary N) is 1. The van der Waals surface area contributed by atoms with Crippen LogP contribution in [0.1, 0.15) is 28.3 Å². The first-order valence-corrected chi connectivity index (χ1v) is 8.47. The topological polar surface area (TPSA) is 35.2 Å². The number of hydrogen-bond donors (Lipinski definition) is 1. The van der Waals surface area contributed by atoms with Crippen molar-refractivity contribution in [1.29, 1.82) is 0 Å². The average molecular weight is 307 g/mol. The third kappa shape index (κ3) is 3.57. The van der Waals surface area contributed by atoms with E-state index in [-0.39, 0.29) is 11.3 Å². The van der Waals surface area contributed by atoms with E-state index in [4.69, 9.17) is 10.5 Å². The molecule has 108 valence electrons. The molecule has 2 unspecified atom stereocenters. The van der Waals surface area contributed by atoms with E-state index < -0.39 is 0 Å². The third-order valence-corrected chi connectivity index (χ3v) is 5.91. The van der Waals surface area contributed by atoms with Crippen molar-refractivity contribution in [3.63, 3.8) is 0 Å². The standard InChI is InChI=1S/C16H21NOS2/c1-4-12(17)16(15-10-9-11(2)19-15)20-14-8-6-5-7-13(14)18-3/h5-10,12,16H,4,17H2,1-3H3. The Morgan fingerprint density at radius 1 is 1.25 bits per heavy atom. The number of para-hydroxylation sites is 1. The summed E-state index contributed by atoms with van der Waals surface area (Å²) in [6, 6.07) is 12.6. The van der Waals surface area contributed by atoms with Crippen LogP contribution in [-0.2, 0) is 0 Å². The van der Waals surface area contributed by atoms with Crippen molar-refractivity contribution in [1.82, 2.24) is 0 Å². The molecule has 0 radical (unpaired) electrons. The average Bonchev–Trinajstić information content (AvgIpc) is 2.90. The highest BCUT2D eigenvalue weighted by molar-refractivity contribution is 7.99. The molecule has 1 aromatic heterocycles. The Kier molecular flexibility index (Phi) is 5.52. The second-order valence-corrected chi connectivity index (χ2v) is 7.21. The van der Waals surface area contributed by atoms with Gasteiger partial charge in [0.2, 0.25) is 0 Å². The van der Waals surface area contributed by atoms with Crippen LogP contribution in [0, 0.1) is 6.92 Å². The van der Waals surface area contributed by atoms with Gasteiger partial charge in [0.25, 0.3) is 0 Å². The predicted octanol–water partition coefficient (Wildman–Crippen LogP) is 4.64. The van der Waals surface area contributed by atoms with Crippen LogP contribution in [0.5, 0.6) is 5.75 Å². The van der Waals surface area contributed by atoms with Crippen LogP contribution in [0.2, 0.25) is 0 Å². The quantitative estimate of drug-likeness (QED) is 0.790. The molecule has 1 heterocycles. The number of thiophene rings is 1. The smallest absolute Gasteiger partial charge is 0.132 e. The lowest BCUT2D eigenvalue weighted by Gasteiger charge is -2.22. The van der Waals surface area contributed by atoms with Crippen molar-refractivity contribution >= 4 is 23.1 Å². The van der Waals surface area contributed by atoms with Gasteiger partial charge in [-0.3, -0.25) is 0 Å². The van der Waals surface area contributed by atoms with Gasteiger partial charge in [-0.25, -0.2) is 0 Å². The second-order valence-electron chi connectivity index (χ2n) is 4.71. The first-order chi connectivity index (χ1) is 9.65. The van der Waals surface area contributed by atoms with E-state index in [9.17, 15) is 0 Å². The van der Waals surface area contributed by atoms with Crippen molar-refractivity contribution in [3.05, 3.63) is 46.2 Å². The molecule has 0 aliphatic rings. The summed E-state index contributed by atoms with van der Waals surface area (Å²) in [5.41, 5.74) is 6.34. The molecule has 2 N–H and O–H groups in total. The van der Waals surface area contributed by atoms with Crippen molar-refractivity contribution in [3.8, 4) is 5.75 Å². The van der Waals surface area contributed by atoms with Gasteiger partial charge in [0.15, 0.2) is 0 Å². The summed E-state index contributed by atoms with van der Waals surface area (Å²) < 4.78 is 5.44. The third-order valence-electron chi connectivity index (χ3n) is 3.22. The van der Waals surface area contributed by atoms with Crippen LogP contribution in [-0.4, -0.2) is 13.2 Å². The van der Waals surface area contributed by atoms with E-state index in [0.29, 0.717) is 0 Å². The Morgan fingerprint density at radius 3 is 2.60 bits per heavy atom. The highest BCUT2D eigenvalue weighted by Gasteiger charge is 2.22. The monoisotopic (exact) mass is 307 g/mol. The zero-order valence-electron chi connectivity index (χ0n) is 12.1. The number of hydrogen-bond acceptors (Lipinski definition) is 4. The number of methoxy groups -OCH3 is 1. The zero-order chi connectivity index (χ0) is 14.5. The number of rotatable bonds is 6. The molecule has 2 atom stereocenters. The van der Waals surface area contributed by atoms with Crippen LogP contribution in [0.4, 0.5) is 0 Å². The molecule has 2 aromatic rings. The normalized spacial score (nSPS) is 14.0. The first-order valence-electron chi connectivity index (χ1n) is 6.77. The van der Waals surface area contributed by atoms with Crippen LogP contribution < -0.4 is 10.5 Å². The fourth-order valence-corrected chi connectivity index (χ4v) is 4.51. The number of benzene rings is 1. The van der Waals surface area contributed by atoms with E-state index in [2.05, 4.69) is 32.0 Å². The highest BCUT2D eigenvalue weighted by Crippen LogP contribution is 2.43. The maximum Gasteiger partial charge on any atom is 0.132 e. The maximum atomic E-state index is 6.34. The molecule has 1 aromatic carbocycles. The minimum Gasteiger partial charge on any atom is -0.496 e. The SMILES string of the molecule is CCC(N)C(Sc1ccccc1OC)c1ccc(C)s1. The Balaban J connectivity index is 2.28. The van der Waals surface area contributed by atoms with Gasteiger partial charge in [-0.1, -0.05) is 19.1 Å². The van der Waals surface area contributed by atoms with Crippen LogP contribution in [0.25, 0.3) is 0 Å². The van der Waals surface area contributed by atoms with Crippen molar-refractivity contribution < 1.29 is 4.74 Å². The van der Waals surface area contributed by atoms with E-state index in [1.807, 2.05) is 29.5 Å². The van der Waals surface area contributed by atoms with Gasteiger partial charge in [0.1, 0.15) is 5.75 Å². The van der Waals surface area contributed by atoms with Gasteiger partial charge in [0, 0.05) is 15.8 Å². The summed E-state index contributed by atoms with van der Waals surface area (Å²) >= 11 is 3.63. The molecule has 4 heteroatoms. The Morgan fingerprint density at radius 2 is 2.00 bits per heavy atom. The largest absolute Gasteiger partial charge is 0.496 e. The lowest BCUT2D eigenvalue weighted by Crippen LogP contribution is -2.25. The minimum absolute atomic E-state index is 0.142. The summed E-state index contributed by atoms with van der Waals surface area (Å²) in [6.07, 6.45) is 0.962. The first kappa shape index (κ1) is 15.4. The summed E-state index contributed by atoms with van der Waals surface area (Å²) in [4.78, 5) is 3.82. The van der Waals surface area contributed by atoms with Gasteiger partial charge in [0.05, 0.1) is 17.3 Å². The van der Waals surface area contributed by atoms with E-state index in [1.165, 1.54) is 9.75 Å².